The Labute approximate surface area is 168 Å². The van der Waals surface area contributed by atoms with Crippen molar-refractivity contribution in [3.05, 3.63) is 65.0 Å². The minimum absolute atomic E-state index is 0.124. The molecule has 4 rings (SSSR count). The number of aryl methyl sites for hydroxylation is 1. The molecule has 1 saturated heterocycles. The molecular weight excluding hydrogens is 370 g/mol. The molecule has 2 aromatic carbocycles. The number of nitrogens with one attached hydrogen (secondary N) is 1. The third kappa shape index (κ3) is 4.81. The molecule has 1 aliphatic rings. The number of ether oxygens (including phenoxy) is 2. The van der Waals surface area contributed by atoms with Crippen LogP contribution in [0.4, 0.5) is 5.69 Å². The molecule has 0 spiro atoms. The van der Waals surface area contributed by atoms with Crippen molar-refractivity contribution < 1.29 is 14.3 Å². The minimum Gasteiger partial charge on any atom is -0.491 e. The first-order chi connectivity index (χ1) is 14.2. The summed E-state index contributed by atoms with van der Waals surface area (Å²) in [5.74, 6) is 0.567. The van der Waals surface area contributed by atoms with Crippen LogP contribution in [0.25, 0.3) is 10.9 Å². The SMILES string of the molecule is O=C(CCn1ncc(=O)c2ccccc21)Nc1cccc(OCC2CCCO2)c1. The summed E-state index contributed by atoms with van der Waals surface area (Å²) < 4.78 is 13.0. The van der Waals surface area contributed by atoms with E-state index in [0.29, 0.717) is 30.0 Å². The van der Waals surface area contributed by atoms with Crippen LogP contribution < -0.4 is 15.5 Å². The molecule has 7 nitrogen and oxygen atoms in total. The maximum Gasteiger partial charge on any atom is 0.226 e. The molecule has 0 radical (unpaired) electrons. The Morgan fingerprint density at radius 3 is 3.00 bits per heavy atom. The lowest BCUT2D eigenvalue weighted by Gasteiger charge is -2.13. The van der Waals surface area contributed by atoms with E-state index in [4.69, 9.17) is 9.47 Å². The van der Waals surface area contributed by atoms with Gasteiger partial charge in [0.15, 0.2) is 0 Å². The number of rotatable bonds is 7. The molecule has 0 bridgehead atoms. The predicted molar refractivity (Wildman–Crippen MR) is 110 cm³/mol. The van der Waals surface area contributed by atoms with Gasteiger partial charge in [-0.15, -0.1) is 0 Å². The average Bonchev–Trinajstić information content (AvgIpc) is 3.26. The smallest absolute Gasteiger partial charge is 0.226 e. The second-order valence-electron chi connectivity index (χ2n) is 7.02. The van der Waals surface area contributed by atoms with Gasteiger partial charge in [-0.3, -0.25) is 14.3 Å². The Bertz CT molecular complexity index is 1060. The number of hydrogen-bond donors (Lipinski definition) is 1. The first kappa shape index (κ1) is 19.1. The summed E-state index contributed by atoms with van der Waals surface area (Å²) in [6, 6.07) is 14.6. The normalized spacial score (nSPS) is 16.1. The van der Waals surface area contributed by atoms with E-state index in [-0.39, 0.29) is 23.9 Å². The van der Waals surface area contributed by atoms with E-state index in [2.05, 4.69) is 10.4 Å². The topological polar surface area (TPSA) is 82.5 Å². The van der Waals surface area contributed by atoms with Crippen LogP contribution in [0.2, 0.25) is 0 Å². The van der Waals surface area contributed by atoms with E-state index in [1.807, 2.05) is 36.4 Å². The minimum atomic E-state index is -0.133. The van der Waals surface area contributed by atoms with Crippen LogP contribution in [0.1, 0.15) is 19.3 Å². The molecule has 0 saturated carbocycles. The highest BCUT2D eigenvalue weighted by Gasteiger charge is 2.16. The summed E-state index contributed by atoms with van der Waals surface area (Å²) >= 11 is 0. The highest BCUT2D eigenvalue weighted by atomic mass is 16.5. The molecule has 3 aromatic rings. The van der Waals surface area contributed by atoms with Gasteiger partial charge in [0.2, 0.25) is 11.3 Å². The van der Waals surface area contributed by atoms with Gasteiger partial charge in [0.25, 0.3) is 0 Å². The van der Waals surface area contributed by atoms with Gasteiger partial charge in [0.05, 0.1) is 24.4 Å². The molecule has 2 heterocycles. The number of nitrogens with zero attached hydrogens (tertiary/aromatic N) is 2. The molecule has 1 atom stereocenters. The molecule has 1 aliphatic heterocycles. The molecule has 1 fully saturated rings. The van der Waals surface area contributed by atoms with Crippen LogP contribution >= 0.6 is 0 Å². The van der Waals surface area contributed by atoms with Crippen molar-refractivity contribution >= 4 is 22.5 Å². The summed E-state index contributed by atoms with van der Waals surface area (Å²) in [4.78, 5) is 24.3. The lowest BCUT2D eigenvalue weighted by atomic mass is 10.2. The lowest BCUT2D eigenvalue weighted by molar-refractivity contribution is -0.116. The van der Waals surface area contributed by atoms with E-state index in [1.165, 1.54) is 6.20 Å². The second kappa shape index (κ2) is 8.87. The fourth-order valence-electron chi connectivity index (χ4n) is 3.40. The molecule has 7 heteroatoms. The second-order valence-corrected chi connectivity index (χ2v) is 7.02. The third-order valence-corrected chi connectivity index (χ3v) is 4.89. The largest absolute Gasteiger partial charge is 0.491 e. The summed E-state index contributed by atoms with van der Waals surface area (Å²) in [7, 11) is 0. The van der Waals surface area contributed by atoms with Gasteiger partial charge < -0.3 is 14.8 Å². The number of aromatic nitrogens is 2. The fourth-order valence-corrected chi connectivity index (χ4v) is 3.40. The first-order valence-electron chi connectivity index (χ1n) is 9.78. The number of amides is 1. The van der Waals surface area contributed by atoms with Gasteiger partial charge in [0, 0.05) is 30.2 Å². The first-order valence-corrected chi connectivity index (χ1v) is 9.78. The van der Waals surface area contributed by atoms with Crippen LogP contribution in [-0.2, 0) is 16.1 Å². The molecule has 1 aromatic heterocycles. The zero-order chi connectivity index (χ0) is 20.1. The quantitative estimate of drug-likeness (QED) is 0.667. The van der Waals surface area contributed by atoms with Gasteiger partial charge in [0.1, 0.15) is 12.4 Å². The van der Waals surface area contributed by atoms with Crippen molar-refractivity contribution in [1.29, 1.82) is 0 Å². The monoisotopic (exact) mass is 393 g/mol. The van der Waals surface area contributed by atoms with E-state index < -0.39 is 0 Å². The van der Waals surface area contributed by atoms with Crippen LogP contribution in [0.15, 0.2) is 59.5 Å². The average molecular weight is 393 g/mol. The number of carbonyl (C=O) groups excluding carboxylic acids is 1. The standard InChI is InChI=1S/C22H23N3O4/c26-21-14-23-25(20-9-2-1-8-19(20)21)11-10-22(27)24-16-5-3-6-17(13-16)29-15-18-7-4-12-28-18/h1-3,5-6,8-9,13-14,18H,4,7,10-12,15H2,(H,24,27). The molecule has 29 heavy (non-hydrogen) atoms. The Morgan fingerprint density at radius 2 is 2.14 bits per heavy atom. The number of fused-ring (bicyclic) bond motifs is 1. The van der Waals surface area contributed by atoms with Crippen molar-refractivity contribution in [2.75, 3.05) is 18.5 Å². The highest BCUT2D eigenvalue weighted by molar-refractivity contribution is 5.91. The number of para-hydroxylation sites is 1. The molecule has 1 N–H and O–H groups in total. The van der Waals surface area contributed by atoms with Gasteiger partial charge in [-0.25, -0.2) is 0 Å². The molecule has 1 unspecified atom stereocenters. The molecule has 0 aliphatic carbocycles. The van der Waals surface area contributed by atoms with Crippen LogP contribution in [-0.4, -0.2) is 35.0 Å². The van der Waals surface area contributed by atoms with Crippen molar-refractivity contribution in [3.63, 3.8) is 0 Å². The van der Waals surface area contributed by atoms with E-state index in [9.17, 15) is 9.59 Å². The van der Waals surface area contributed by atoms with Gasteiger partial charge in [-0.05, 0) is 37.1 Å². The summed E-state index contributed by atoms with van der Waals surface area (Å²) in [6.45, 7) is 1.69. The predicted octanol–water partition coefficient (Wildman–Crippen LogP) is 2.98. The van der Waals surface area contributed by atoms with E-state index in [0.717, 1.165) is 25.0 Å². The Balaban J connectivity index is 1.35. The maximum atomic E-state index is 12.4. The van der Waals surface area contributed by atoms with Crippen LogP contribution in [0.3, 0.4) is 0 Å². The van der Waals surface area contributed by atoms with Gasteiger partial charge in [-0.2, -0.15) is 5.10 Å². The van der Waals surface area contributed by atoms with Crippen molar-refractivity contribution in [3.8, 4) is 5.75 Å². The van der Waals surface area contributed by atoms with Crippen molar-refractivity contribution in [2.45, 2.75) is 31.9 Å². The number of anilines is 1. The summed E-state index contributed by atoms with van der Waals surface area (Å²) in [6.07, 6.45) is 3.76. The highest BCUT2D eigenvalue weighted by Crippen LogP contribution is 2.20. The number of carbonyl (C=O) groups is 1. The van der Waals surface area contributed by atoms with E-state index in [1.54, 1.807) is 16.8 Å². The maximum absolute atomic E-state index is 12.4. The summed E-state index contributed by atoms with van der Waals surface area (Å²) in [5.41, 5.74) is 1.27. The zero-order valence-corrected chi connectivity index (χ0v) is 16.0. The van der Waals surface area contributed by atoms with E-state index >= 15 is 0 Å². The molecular formula is C22H23N3O4. The zero-order valence-electron chi connectivity index (χ0n) is 16.0. The third-order valence-electron chi connectivity index (χ3n) is 4.89. The van der Waals surface area contributed by atoms with Gasteiger partial charge >= 0.3 is 0 Å². The number of benzene rings is 2. The summed E-state index contributed by atoms with van der Waals surface area (Å²) in [5, 5.41) is 7.64. The number of hydrogen-bond acceptors (Lipinski definition) is 5. The van der Waals surface area contributed by atoms with Crippen molar-refractivity contribution in [1.82, 2.24) is 9.78 Å². The molecule has 150 valence electrons. The Kier molecular flexibility index (Phi) is 5.86. The molecule has 1 amide bonds. The fraction of sp³-hybridized carbons (Fsp3) is 0.318. The Morgan fingerprint density at radius 1 is 1.24 bits per heavy atom. The van der Waals surface area contributed by atoms with Gasteiger partial charge in [-0.1, -0.05) is 18.2 Å². The Hall–Kier alpha value is -3.19. The van der Waals surface area contributed by atoms with Crippen LogP contribution in [0, 0.1) is 0 Å². The van der Waals surface area contributed by atoms with Crippen LogP contribution in [0.5, 0.6) is 5.75 Å². The lowest BCUT2D eigenvalue weighted by Crippen LogP contribution is -2.18. The van der Waals surface area contributed by atoms with Crippen molar-refractivity contribution in [2.24, 2.45) is 0 Å².